The minimum atomic E-state index is -0.927. The van der Waals surface area contributed by atoms with Gasteiger partial charge in [-0.15, -0.1) is 0 Å². The molecule has 0 aromatic rings. The van der Waals surface area contributed by atoms with E-state index in [1.807, 2.05) is 12.2 Å². The van der Waals surface area contributed by atoms with E-state index >= 15 is 0 Å². The van der Waals surface area contributed by atoms with Crippen molar-refractivity contribution in [2.45, 2.75) is 18.9 Å². The minimum absolute atomic E-state index is 0.127. The number of carbonyl (C=O) groups is 1. The summed E-state index contributed by atoms with van der Waals surface area (Å²) in [5.41, 5.74) is 0. The van der Waals surface area contributed by atoms with Gasteiger partial charge in [0.25, 0.3) is 0 Å². The summed E-state index contributed by atoms with van der Waals surface area (Å²) in [6, 6.07) is 0.127. The van der Waals surface area contributed by atoms with Gasteiger partial charge in [-0.2, -0.15) is 0 Å². The first-order valence-electron chi connectivity index (χ1n) is 2.93. The van der Waals surface area contributed by atoms with Crippen molar-refractivity contribution in [3.8, 4) is 0 Å². The van der Waals surface area contributed by atoms with Gasteiger partial charge in [0.2, 0.25) is 0 Å². The van der Waals surface area contributed by atoms with Gasteiger partial charge >= 0.3 is 6.09 Å². The predicted molar refractivity (Wildman–Crippen MR) is 33.3 cm³/mol. The topological polar surface area (TPSA) is 49.3 Å². The fraction of sp³-hybridized carbons (Fsp3) is 0.500. The van der Waals surface area contributed by atoms with Gasteiger partial charge in [-0.3, -0.25) is 0 Å². The van der Waals surface area contributed by atoms with Crippen LogP contribution in [0.15, 0.2) is 12.2 Å². The lowest BCUT2D eigenvalue weighted by atomic mass is 10.2. The lowest BCUT2D eigenvalue weighted by Gasteiger charge is -2.06. The molecule has 0 saturated carbocycles. The van der Waals surface area contributed by atoms with Gasteiger partial charge in [0.05, 0.1) is 0 Å². The summed E-state index contributed by atoms with van der Waals surface area (Å²) in [4.78, 5) is 10.0. The highest BCUT2D eigenvalue weighted by Gasteiger charge is 2.10. The molecule has 1 aliphatic rings. The van der Waals surface area contributed by atoms with E-state index in [1.54, 1.807) is 0 Å². The second-order valence-electron chi connectivity index (χ2n) is 2.09. The fourth-order valence-electron chi connectivity index (χ4n) is 0.910. The van der Waals surface area contributed by atoms with Crippen LogP contribution in [-0.2, 0) is 0 Å². The molecular weight excluding hydrogens is 118 g/mol. The van der Waals surface area contributed by atoms with Crippen LogP contribution in [0.4, 0.5) is 4.79 Å². The fourth-order valence-corrected chi connectivity index (χ4v) is 0.910. The Kier molecular flexibility index (Phi) is 1.72. The molecule has 2 N–H and O–H groups in total. The molecule has 0 atom stereocenters. The molecule has 0 fully saturated rings. The molecule has 0 saturated heterocycles. The van der Waals surface area contributed by atoms with Crippen LogP contribution < -0.4 is 5.32 Å². The Morgan fingerprint density at radius 3 is 2.56 bits per heavy atom. The van der Waals surface area contributed by atoms with E-state index in [-0.39, 0.29) is 6.04 Å². The van der Waals surface area contributed by atoms with Crippen molar-refractivity contribution in [1.29, 1.82) is 0 Å². The van der Waals surface area contributed by atoms with E-state index in [4.69, 9.17) is 5.11 Å². The van der Waals surface area contributed by atoms with Gasteiger partial charge in [-0.25, -0.2) is 4.79 Å². The number of nitrogens with one attached hydrogen (secondary N) is 1. The second kappa shape index (κ2) is 2.53. The van der Waals surface area contributed by atoms with E-state index in [0.29, 0.717) is 0 Å². The molecule has 1 amide bonds. The lowest BCUT2D eigenvalue weighted by Crippen LogP contribution is -2.31. The maximum atomic E-state index is 10.0. The van der Waals surface area contributed by atoms with E-state index in [1.165, 1.54) is 0 Å². The van der Waals surface area contributed by atoms with Crippen molar-refractivity contribution < 1.29 is 9.90 Å². The normalized spacial score (nSPS) is 18.2. The van der Waals surface area contributed by atoms with Crippen LogP contribution in [0.3, 0.4) is 0 Å². The summed E-state index contributed by atoms with van der Waals surface area (Å²) in [5.74, 6) is 0. The number of hydrogen-bond acceptors (Lipinski definition) is 1. The molecule has 0 radical (unpaired) electrons. The number of rotatable bonds is 1. The Labute approximate surface area is 53.4 Å². The number of hydrogen-bond donors (Lipinski definition) is 2. The zero-order valence-electron chi connectivity index (χ0n) is 5.00. The summed E-state index contributed by atoms with van der Waals surface area (Å²) in [7, 11) is 0. The molecule has 50 valence electrons. The molecule has 1 aliphatic carbocycles. The van der Waals surface area contributed by atoms with Crippen LogP contribution in [0, 0.1) is 0 Å². The Balaban J connectivity index is 2.22. The zero-order valence-corrected chi connectivity index (χ0v) is 5.00. The molecule has 0 bridgehead atoms. The maximum absolute atomic E-state index is 10.0. The summed E-state index contributed by atoms with van der Waals surface area (Å²) in [6.07, 6.45) is 4.73. The molecule has 0 spiro atoms. The Morgan fingerprint density at radius 1 is 1.56 bits per heavy atom. The molecule has 1 rings (SSSR count). The molecule has 0 unspecified atom stereocenters. The largest absolute Gasteiger partial charge is 0.465 e. The highest BCUT2D eigenvalue weighted by Crippen LogP contribution is 2.08. The first kappa shape index (κ1) is 6.13. The maximum Gasteiger partial charge on any atom is 0.404 e. The molecule has 0 aromatic carbocycles. The second-order valence-corrected chi connectivity index (χ2v) is 2.09. The van der Waals surface area contributed by atoms with Gasteiger partial charge in [-0.1, -0.05) is 12.2 Å². The van der Waals surface area contributed by atoms with Gasteiger partial charge in [0.1, 0.15) is 0 Å². The SMILES string of the molecule is O=C(O)NC1CC=CC1. The first-order chi connectivity index (χ1) is 4.29. The monoisotopic (exact) mass is 127 g/mol. The Morgan fingerprint density at radius 2 is 2.11 bits per heavy atom. The number of amides is 1. The van der Waals surface area contributed by atoms with Crippen LogP contribution in [0.2, 0.25) is 0 Å². The van der Waals surface area contributed by atoms with Crippen molar-refractivity contribution in [1.82, 2.24) is 5.32 Å². The average molecular weight is 127 g/mol. The molecular formula is C6H9NO2. The quantitative estimate of drug-likeness (QED) is 0.516. The van der Waals surface area contributed by atoms with E-state index in [9.17, 15) is 4.79 Å². The third-order valence-electron chi connectivity index (χ3n) is 1.34. The molecule has 9 heavy (non-hydrogen) atoms. The number of carboxylic acid groups (broad SMARTS) is 1. The smallest absolute Gasteiger partial charge is 0.404 e. The standard InChI is InChI=1S/C6H9NO2/c8-6(9)7-5-3-1-2-4-5/h1-2,5,7H,3-4H2,(H,8,9). The van der Waals surface area contributed by atoms with Crippen molar-refractivity contribution in [3.63, 3.8) is 0 Å². The van der Waals surface area contributed by atoms with Crippen LogP contribution in [-0.4, -0.2) is 17.2 Å². The van der Waals surface area contributed by atoms with Gasteiger partial charge < -0.3 is 10.4 Å². The molecule has 0 heterocycles. The van der Waals surface area contributed by atoms with Crippen molar-refractivity contribution >= 4 is 6.09 Å². The van der Waals surface area contributed by atoms with Gasteiger partial charge in [0, 0.05) is 6.04 Å². The predicted octanol–water partition coefficient (Wildman–Crippen LogP) is 0.973. The van der Waals surface area contributed by atoms with Crippen LogP contribution >= 0.6 is 0 Å². The highest BCUT2D eigenvalue weighted by atomic mass is 16.4. The van der Waals surface area contributed by atoms with E-state index in [2.05, 4.69) is 5.32 Å². The molecule has 3 nitrogen and oxygen atoms in total. The summed E-state index contributed by atoms with van der Waals surface area (Å²) in [5, 5.41) is 10.6. The summed E-state index contributed by atoms with van der Waals surface area (Å²) in [6.45, 7) is 0. The zero-order chi connectivity index (χ0) is 6.69. The van der Waals surface area contributed by atoms with Crippen LogP contribution in [0.1, 0.15) is 12.8 Å². The minimum Gasteiger partial charge on any atom is -0.465 e. The summed E-state index contributed by atoms with van der Waals surface area (Å²) < 4.78 is 0. The Bertz CT molecular complexity index is 134. The highest BCUT2D eigenvalue weighted by molar-refractivity contribution is 5.65. The molecule has 3 heteroatoms. The molecule has 0 aliphatic heterocycles. The van der Waals surface area contributed by atoms with E-state index < -0.39 is 6.09 Å². The summed E-state index contributed by atoms with van der Waals surface area (Å²) >= 11 is 0. The van der Waals surface area contributed by atoms with Crippen molar-refractivity contribution in [2.24, 2.45) is 0 Å². The van der Waals surface area contributed by atoms with Crippen LogP contribution in [0.5, 0.6) is 0 Å². The first-order valence-corrected chi connectivity index (χ1v) is 2.93. The third kappa shape index (κ3) is 1.76. The van der Waals surface area contributed by atoms with E-state index in [0.717, 1.165) is 12.8 Å². The van der Waals surface area contributed by atoms with Gasteiger partial charge in [-0.05, 0) is 12.8 Å². The van der Waals surface area contributed by atoms with Crippen molar-refractivity contribution in [3.05, 3.63) is 12.2 Å². The van der Waals surface area contributed by atoms with Crippen LogP contribution in [0.25, 0.3) is 0 Å². The molecule has 0 aromatic heterocycles. The van der Waals surface area contributed by atoms with Gasteiger partial charge in [0.15, 0.2) is 0 Å². The average Bonchev–Trinajstić information content (AvgIpc) is 2.15. The lowest BCUT2D eigenvalue weighted by molar-refractivity contribution is 0.190. The third-order valence-corrected chi connectivity index (χ3v) is 1.34. The Hall–Kier alpha value is -0.990. The van der Waals surface area contributed by atoms with Crippen molar-refractivity contribution in [2.75, 3.05) is 0 Å².